The third kappa shape index (κ3) is 4.58. The molecule has 100 valence electrons. The number of halogens is 3. The molecule has 0 aliphatic carbocycles. The molecule has 0 aliphatic rings. The van der Waals surface area contributed by atoms with Crippen LogP contribution in [0.1, 0.15) is 19.3 Å². The Labute approximate surface area is 112 Å². The number of hydrogen-bond donors (Lipinski definition) is 2. The molecule has 3 N–H and O–H groups in total. The van der Waals surface area contributed by atoms with Gasteiger partial charge in [-0.3, -0.25) is 10.2 Å². The SMILES string of the molecule is NNC(=O)CCCCOc1c(F)cc(F)cc1Br. The van der Waals surface area contributed by atoms with Gasteiger partial charge in [0.05, 0.1) is 11.1 Å². The predicted octanol–water partition coefficient (Wildman–Crippen LogP) is 2.27. The van der Waals surface area contributed by atoms with E-state index >= 15 is 0 Å². The van der Waals surface area contributed by atoms with E-state index in [4.69, 9.17) is 10.6 Å². The summed E-state index contributed by atoms with van der Waals surface area (Å²) >= 11 is 3.02. The van der Waals surface area contributed by atoms with E-state index in [1.54, 1.807) is 0 Å². The Morgan fingerprint density at radius 1 is 1.39 bits per heavy atom. The van der Waals surface area contributed by atoms with E-state index in [0.717, 1.165) is 12.1 Å². The highest BCUT2D eigenvalue weighted by Gasteiger charge is 2.10. The van der Waals surface area contributed by atoms with E-state index in [2.05, 4.69) is 15.9 Å². The first-order valence-corrected chi connectivity index (χ1v) is 6.10. The third-order valence-electron chi connectivity index (χ3n) is 2.17. The molecular formula is C11H13BrF2N2O2. The van der Waals surface area contributed by atoms with Crippen molar-refractivity contribution in [2.24, 2.45) is 5.84 Å². The molecule has 0 saturated carbocycles. The van der Waals surface area contributed by atoms with Crippen molar-refractivity contribution < 1.29 is 18.3 Å². The Bertz CT molecular complexity index is 406. The first-order valence-electron chi connectivity index (χ1n) is 5.31. The molecule has 1 aromatic carbocycles. The Morgan fingerprint density at radius 3 is 2.72 bits per heavy atom. The quantitative estimate of drug-likeness (QED) is 0.365. The first-order chi connectivity index (χ1) is 8.54. The summed E-state index contributed by atoms with van der Waals surface area (Å²) in [5.74, 6) is 3.18. The second-order valence-electron chi connectivity index (χ2n) is 3.57. The van der Waals surface area contributed by atoms with Crippen LogP contribution in [0.5, 0.6) is 5.75 Å². The highest BCUT2D eigenvalue weighted by atomic mass is 79.9. The van der Waals surface area contributed by atoms with E-state index in [0.29, 0.717) is 12.8 Å². The molecule has 1 aromatic rings. The monoisotopic (exact) mass is 322 g/mol. The van der Waals surface area contributed by atoms with Gasteiger partial charge in [0.2, 0.25) is 5.91 Å². The first kappa shape index (κ1) is 14.8. The van der Waals surface area contributed by atoms with Gasteiger partial charge in [-0.15, -0.1) is 0 Å². The van der Waals surface area contributed by atoms with Gasteiger partial charge in [0, 0.05) is 12.5 Å². The predicted molar refractivity (Wildman–Crippen MR) is 65.7 cm³/mol. The number of rotatable bonds is 6. The molecule has 1 amide bonds. The van der Waals surface area contributed by atoms with Crippen LogP contribution in [0.4, 0.5) is 8.78 Å². The van der Waals surface area contributed by atoms with E-state index in [-0.39, 0.29) is 29.2 Å². The summed E-state index contributed by atoms with van der Waals surface area (Å²) in [6.45, 7) is 0.235. The normalized spacial score (nSPS) is 10.2. The maximum Gasteiger partial charge on any atom is 0.233 e. The number of nitrogens with two attached hydrogens (primary N) is 1. The van der Waals surface area contributed by atoms with E-state index in [1.165, 1.54) is 0 Å². The van der Waals surface area contributed by atoms with Crippen LogP contribution in [0, 0.1) is 11.6 Å². The molecule has 0 aliphatic heterocycles. The molecular weight excluding hydrogens is 310 g/mol. The molecule has 0 radical (unpaired) electrons. The zero-order valence-corrected chi connectivity index (χ0v) is 11.1. The van der Waals surface area contributed by atoms with Crippen molar-refractivity contribution >= 4 is 21.8 Å². The lowest BCUT2D eigenvalue weighted by atomic mass is 10.2. The van der Waals surface area contributed by atoms with Crippen LogP contribution in [0.25, 0.3) is 0 Å². The molecule has 18 heavy (non-hydrogen) atoms. The number of hydrazine groups is 1. The summed E-state index contributed by atoms with van der Waals surface area (Å²) < 4.78 is 31.5. The lowest BCUT2D eigenvalue weighted by Gasteiger charge is -2.09. The maximum absolute atomic E-state index is 13.3. The average Bonchev–Trinajstić information content (AvgIpc) is 2.31. The molecule has 7 heteroatoms. The number of hydrogen-bond acceptors (Lipinski definition) is 3. The van der Waals surface area contributed by atoms with Crippen molar-refractivity contribution in [1.82, 2.24) is 5.43 Å². The van der Waals surface area contributed by atoms with Crippen molar-refractivity contribution in [3.05, 3.63) is 28.2 Å². The number of unbranched alkanes of at least 4 members (excludes halogenated alkanes) is 1. The molecule has 0 heterocycles. The highest BCUT2D eigenvalue weighted by molar-refractivity contribution is 9.10. The molecule has 0 bridgehead atoms. The second-order valence-corrected chi connectivity index (χ2v) is 4.43. The molecule has 1 rings (SSSR count). The largest absolute Gasteiger partial charge is 0.489 e. The topological polar surface area (TPSA) is 64.3 Å². The molecule has 0 saturated heterocycles. The van der Waals surface area contributed by atoms with Gasteiger partial charge >= 0.3 is 0 Å². The van der Waals surface area contributed by atoms with Crippen molar-refractivity contribution in [2.45, 2.75) is 19.3 Å². The van der Waals surface area contributed by atoms with Crippen LogP contribution in [-0.2, 0) is 4.79 Å². The Morgan fingerprint density at radius 2 is 2.11 bits per heavy atom. The molecule has 0 spiro atoms. The van der Waals surface area contributed by atoms with Crippen molar-refractivity contribution in [3.8, 4) is 5.75 Å². The van der Waals surface area contributed by atoms with Gasteiger partial charge < -0.3 is 4.74 Å². The lowest BCUT2D eigenvalue weighted by Crippen LogP contribution is -2.29. The molecule has 0 aromatic heterocycles. The average molecular weight is 323 g/mol. The second kappa shape index (κ2) is 7.27. The zero-order valence-electron chi connectivity index (χ0n) is 9.51. The number of carbonyl (C=O) groups is 1. The van der Waals surface area contributed by atoms with Gasteiger partial charge in [-0.25, -0.2) is 14.6 Å². The van der Waals surface area contributed by atoms with Crippen LogP contribution < -0.4 is 16.0 Å². The van der Waals surface area contributed by atoms with Crippen LogP contribution in [0.3, 0.4) is 0 Å². The van der Waals surface area contributed by atoms with E-state index < -0.39 is 11.6 Å². The fourth-order valence-corrected chi connectivity index (χ4v) is 1.82. The van der Waals surface area contributed by atoms with E-state index in [9.17, 15) is 13.6 Å². The van der Waals surface area contributed by atoms with E-state index in [1.807, 2.05) is 5.43 Å². The van der Waals surface area contributed by atoms with Gasteiger partial charge in [0.1, 0.15) is 5.82 Å². The summed E-state index contributed by atoms with van der Waals surface area (Å²) in [6, 6.07) is 1.88. The molecule has 0 unspecified atom stereocenters. The van der Waals surface area contributed by atoms with Crippen molar-refractivity contribution in [1.29, 1.82) is 0 Å². The van der Waals surface area contributed by atoms with Gasteiger partial charge in [0.25, 0.3) is 0 Å². The van der Waals surface area contributed by atoms with Crippen molar-refractivity contribution in [3.63, 3.8) is 0 Å². The molecule has 0 fully saturated rings. The molecule has 4 nitrogen and oxygen atoms in total. The Balaban J connectivity index is 2.38. The number of nitrogens with one attached hydrogen (secondary N) is 1. The van der Waals surface area contributed by atoms with Crippen LogP contribution in [-0.4, -0.2) is 12.5 Å². The van der Waals surface area contributed by atoms with Gasteiger partial charge in [0.15, 0.2) is 11.6 Å². The van der Waals surface area contributed by atoms with Crippen LogP contribution in [0.15, 0.2) is 16.6 Å². The maximum atomic E-state index is 13.3. The standard InChI is InChI=1S/C11H13BrF2N2O2/c12-8-5-7(13)6-9(14)11(8)18-4-2-1-3-10(17)16-15/h5-6H,1-4,15H2,(H,16,17). The minimum Gasteiger partial charge on any atom is -0.489 e. The number of carbonyl (C=O) groups excluding carboxylic acids is 1. The molecule has 0 atom stereocenters. The fraction of sp³-hybridized carbons (Fsp3) is 0.364. The Hall–Kier alpha value is -1.21. The minimum atomic E-state index is -0.762. The Kier molecular flexibility index (Phi) is 6.00. The number of benzene rings is 1. The minimum absolute atomic E-state index is 0.0281. The van der Waals surface area contributed by atoms with Gasteiger partial charge in [-0.1, -0.05) is 0 Å². The van der Waals surface area contributed by atoms with Crippen LogP contribution in [0.2, 0.25) is 0 Å². The number of ether oxygens (including phenoxy) is 1. The summed E-state index contributed by atoms with van der Waals surface area (Å²) in [6.07, 6.45) is 1.42. The summed E-state index contributed by atoms with van der Waals surface area (Å²) in [5, 5.41) is 0. The smallest absolute Gasteiger partial charge is 0.233 e. The van der Waals surface area contributed by atoms with Crippen molar-refractivity contribution in [2.75, 3.05) is 6.61 Å². The fourth-order valence-electron chi connectivity index (χ4n) is 1.30. The summed E-state index contributed by atoms with van der Waals surface area (Å²) in [4.78, 5) is 10.8. The van der Waals surface area contributed by atoms with Gasteiger partial charge in [-0.2, -0.15) is 0 Å². The third-order valence-corrected chi connectivity index (χ3v) is 2.76. The summed E-state index contributed by atoms with van der Waals surface area (Å²) in [5.41, 5.74) is 2.01. The zero-order chi connectivity index (χ0) is 13.5. The summed E-state index contributed by atoms with van der Waals surface area (Å²) in [7, 11) is 0. The van der Waals surface area contributed by atoms with Gasteiger partial charge in [-0.05, 0) is 34.8 Å². The highest BCUT2D eigenvalue weighted by Crippen LogP contribution is 2.29. The van der Waals surface area contributed by atoms with Crippen LogP contribution >= 0.6 is 15.9 Å². The lowest BCUT2D eigenvalue weighted by molar-refractivity contribution is -0.121. The number of amides is 1.